The number of carbonyl (C=O) groups excluding carboxylic acids is 1. The molecule has 0 spiro atoms. The molecule has 0 aromatic carbocycles. The zero-order chi connectivity index (χ0) is 14.3. The minimum Gasteiger partial charge on any atom is -0.481 e. The van der Waals surface area contributed by atoms with Gasteiger partial charge >= 0.3 is 12.1 Å². The molecule has 0 radical (unpaired) electrons. The van der Waals surface area contributed by atoms with Crippen molar-refractivity contribution >= 4 is 12.1 Å². The van der Waals surface area contributed by atoms with Crippen LogP contribution in [0.2, 0.25) is 0 Å². The van der Waals surface area contributed by atoms with Crippen molar-refractivity contribution in [2.45, 2.75) is 52.1 Å². The highest BCUT2D eigenvalue weighted by molar-refractivity contribution is 5.78. The maximum absolute atomic E-state index is 12.0. The number of ether oxygens (including phenoxy) is 1. The first-order chi connectivity index (χ1) is 8.74. The first-order valence-electron chi connectivity index (χ1n) is 6.96. The topological polar surface area (TPSA) is 66.8 Å². The Balaban J connectivity index is 1.98. The summed E-state index contributed by atoms with van der Waals surface area (Å²) in [5.74, 6) is -0.630. The largest absolute Gasteiger partial charge is 0.481 e. The molecule has 0 aromatic heterocycles. The zero-order valence-electron chi connectivity index (χ0n) is 11.9. The number of hydrogen-bond donors (Lipinski definition) is 1. The van der Waals surface area contributed by atoms with E-state index >= 15 is 0 Å². The molecule has 1 amide bonds. The molecule has 1 saturated carbocycles. The van der Waals surface area contributed by atoms with E-state index in [1.54, 1.807) is 4.90 Å². The van der Waals surface area contributed by atoms with Gasteiger partial charge in [-0.05, 0) is 52.4 Å². The normalized spacial score (nSPS) is 25.8. The average molecular weight is 269 g/mol. The van der Waals surface area contributed by atoms with Crippen LogP contribution < -0.4 is 0 Å². The summed E-state index contributed by atoms with van der Waals surface area (Å²) in [6.45, 7) is 6.70. The molecule has 1 unspecified atom stereocenters. The average Bonchev–Trinajstić information content (AvgIpc) is 3.08. The zero-order valence-corrected chi connectivity index (χ0v) is 11.9. The fraction of sp³-hybridized carbons (Fsp3) is 0.857. The molecular formula is C14H23NO4. The van der Waals surface area contributed by atoms with Crippen LogP contribution in [0.25, 0.3) is 0 Å². The van der Waals surface area contributed by atoms with Crippen LogP contribution in [0.1, 0.15) is 46.5 Å². The van der Waals surface area contributed by atoms with E-state index in [0.717, 1.165) is 25.7 Å². The standard InChI is InChI=1S/C14H23NO4/c1-13(2,3)19-12(18)15-8-4-5-10(9-15)14(6-7-14)11(16)17/h10H,4-9H2,1-3H3,(H,16,17). The number of piperidine rings is 1. The van der Waals surface area contributed by atoms with Gasteiger partial charge in [-0.25, -0.2) is 4.79 Å². The summed E-state index contributed by atoms with van der Waals surface area (Å²) in [5.41, 5.74) is -1.07. The molecule has 5 nitrogen and oxygen atoms in total. The summed E-state index contributed by atoms with van der Waals surface area (Å²) in [6.07, 6.45) is 2.92. The van der Waals surface area contributed by atoms with Crippen molar-refractivity contribution in [3.63, 3.8) is 0 Å². The number of nitrogens with zero attached hydrogens (tertiary/aromatic N) is 1. The molecule has 2 fully saturated rings. The molecule has 1 aliphatic carbocycles. The van der Waals surface area contributed by atoms with Gasteiger partial charge in [0.25, 0.3) is 0 Å². The number of likely N-dealkylation sites (tertiary alicyclic amines) is 1. The summed E-state index contributed by atoms with van der Waals surface area (Å²) in [7, 11) is 0. The lowest BCUT2D eigenvalue weighted by molar-refractivity contribution is -0.146. The number of rotatable bonds is 2. The fourth-order valence-electron chi connectivity index (χ4n) is 2.85. The number of aliphatic carboxylic acids is 1. The third-order valence-electron chi connectivity index (χ3n) is 4.07. The Bertz CT molecular complexity index is 381. The van der Waals surface area contributed by atoms with E-state index < -0.39 is 17.0 Å². The predicted molar refractivity (Wildman–Crippen MR) is 69.8 cm³/mol. The molecule has 1 aliphatic heterocycles. The Morgan fingerprint density at radius 1 is 1.32 bits per heavy atom. The Morgan fingerprint density at radius 2 is 1.95 bits per heavy atom. The lowest BCUT2D eigenvalue weighted by Crippen LogP contribution is -2.46. The van der Waals surface area contributed by atoms with Crippen molar-refractivity contribution in [1.82, 2.24) is 4.90 Å². The summed E-state index contributed by atoms with van der Waals surface area (Å²) in [4.78, 5) is 25.1. The van der Waals surface area contributed by atoms with Crippen LogP contribution in [0.4, 0.5) is 4.79 Å². The van der Waals surface area contributed by atoms with Crippen molar-refractivity contribution in [2.24, 2.45) is 11.3 Å². The predicted octanol–water partition coefficient (Wildman–Crippen LogP) is 2.50. The molecule has 0 aromatic rings. The minimum atomic E-state index is -0.705. The van der Waals surface area contributed by atoms with Crippen LogP contribution in [0.3, 0.4) is 0 Å². The Morgan fingerprint density at radius 3 is 2.42 bits per heavy atom. The molecule has 1 N–H and O–H groups in total. The van der Waals surface area contributed by atoms with Crippen molar-refractivity contribution in [3.05, 3.63) is 0 Å². The molecule has 2 aliphatic rings. The van der Waals surface area contributed by atoms with Gasteiger partial charge in [0.05, 0.1) is 5.41 Å². The highest BCUT2D eigenvalue weighted by Gasteiger charge is 2.56. The first kappa shape index (κ1) is 14.2. The lowest BCUT2D eigenvalue weighted by atomic mass is 9.83. The number of carboxylic acids is 1. The van der Waals surface area contributed by atoms with Crippen LogP contribution in [-0.4, -0.2) is 40.8 Å². The van der Waals surface area contributed by atoms with Gasteiger partial charge in [-0.3, -0.25) is 4.79 Å². The molecule has 1 heterocycles. The Labute approximate surface area is 113 Å². The summed E-state index contributed by atoms with van der Waals surface area (Å²) in [5, 5.41) is 9.33. The molecular weight excluding hydrogens is 246 g/mol. The van der Waals surface area contributed by atoms with Gasteiger partial charge in [-0.1, -0.05) is 0 Å². The molecule has 0 bridgehead atoms. The minimum absolute atomic E-state index is 0.0752. The maximum atomic E-state index is 12.0. The Kier molecular flexibility index (Phi) is 3.49. The lowest BCUT2D eigenvalue weighted by Gasteiger charge is -2.36. The molecule has 1 saturated heterocycles. The summed E-state index contributed by atoms with van der Waals surface area (Å²) >= 11 is 0. The van der Waals surface area contributed by atoms with Crippen molar-refractivity contribution in [3.8, 4) is 0 Å². The highest BCUT2D eigenvalue weighted by atomic mass is 16.6. The van der Waals surface area contributed by atoms with Gasteiger partial charge in [0, 0.05) is 13.1 Å². The highest BCUT2D eigenvalue weighted by Crippen LogP contribution is 2.54. The van der Waals surface area contributed by atoms with E-state index in [4.69, 9.17) is 4.74 Å². The van der Waals surface area contributed by atoms with Gasteiger partial charge in [-0.2, -0.15) is 0 Å². The number of amides is 1. The van der Waals surface area contributed by atoms with E-state index in [1.165, 1.54) is 0 Å². The monoisotopic (exact) mass is 269 g/mol. The van der Waals surface area contributed by atoms with Crippen molar-refractivity contribution in [2.75, 3.05) is 13.1 Å². The van der Waals surface area contributed by atoms with Crippen LogP contribution >= 0.6 is 0 Å². The maximum Gasteiger partial charge on any atom is 0.410 e. The third kappa shape index (κ3) is 3.01. The van der Waals surface area contributed by atoms with E-state index in [2.05, 4.69) is 0 Å². The second-order valence-corrected chi connectivity index (χ2v) is 6.73. The van der Waals surface area contributed by atoms with Gasteiger partial charge in [0.15, 0.2) is 0 Å². The van der Waals surface area contributed by atoms with Crippen LogP contribution in [-0.2, 0) is 9.53 Å². The van der Waals surface area contributed by atoms with Crippen LogP contribution in [0.5, 0.6) is 0 Å². The van der Waals surface area contributed by atoms with Gasteiger partial charge in [-0.15, -0.1) is 0 Å². The van der Waals surface area contributed by atoms with E-state index in [0.29, 0.717) is 13.1 Å². The molecule has 108 valence electrons. The van der Waals surface area contributed by atoms with Gasteiger partial charge < -0.3 is 14.7 Å². The second-order valence-electron chi connectivity index (χ2n) is 6.73. The number of carboxylic acid groups (broad SMARTS) is 1. The first-order valence-corrected chi connectivity index (χ1v) is 6.96. The fourth-order valence-corrected chi connectivity index (χ4v) is 2.85. The van der Waals surface area contributed by atoms with Gasteiger partial charge in [0.2, 0.25) is 0 Å². The quantitative estimate of drug-likeness (QED) is 0.836. The smallest absolute Gasteiger partial charge is 0.410 e. The Hall–Kier alpha value is -1.26. The molecule has 1 atom stereocenters. The van der Waals surface area contributed by atoms with Crippen LogP contribution in [0, 0.1) is 11.3 Å². The number of carbonyl (C=O) groups is 2. The molecule has 2 rings (SSSR count). The summed E-state index contributed by atoms with van der Waals surface area (Å²) < 4.78 is 5.36. The van der Waals surface area contributed by atoms with E-state index in [-0.39, 0.29) is 12.0 Å². The van der Waals surface area contributed by atoms with E-state index in [1.807, 2.05) is 20.8 Å². The molecule has 5 heteroatoms. The third-order valence-corrected chi connectivity index (χ3v) is 4.07. The number of hydrogen-bond acceptors (Lipinski definition) is 3. The van der Waals surface area contributed by atoms with Crippen LogP contribution in [0.15, 0.2) is 0 Å². The van der Waals surface area contributed by atoms with Gasteiger partial charge in [0.1, 0.15) is 5.60 Å². The second kappa shape index (κ2) is 4.69. The summed E-state index contributed by atoms with van der Waals surface area (Å²) in [6, 6.07) is 0. The van der Waals surface area contributed by atoms with Crippen molar-refractivity contribution in [1.29, 1.82) is 0 Å². The van der Waals surface area contributed by atoms with Crippen molar-refractivity contribution < 1.29 is 19.4 Å². The molecule has 19 heavy (non-hydrogen) atoms. The SMILES string of the molecule is CC(C)(C)OC(=O)N1CCCC(C2(C(=O)O)CC2)C1. The van der Waals surface area contributed by atoms with E-state index in [9.17, 15) is 14.7 Å².